The zero-order valence-electron chi connectivity index (χ0n) is 17.4. The van der Waals surface area contributed by atoms with Gasteiger partial charge in [-0.15, -0.1) is 0 Å². The topological polar surface area (TPSA) is 52.6 Å². The van der Waals surface area contributed by atoms with E-state index in [2.05, 4.69) is 45.7 Å². The van der Waals surface area contributed by atoms with Gasteiger partial charge in [-0.25, -0.2) is 0 Å². The first-order chi connectivity index (χ1) is 13.2. The van der Waals surface area contributed by atoms with Crippen LogP contribution in [0, 0.1) is 0 Å². The van der Waals surface area contributed by atoms with Gasteiger partial charge in [0, 0.05) is 11.5 Å². The van der Waals surface area contributed by atoms with Crippen molar-refractivity contribution in [1.82, 2.24) is 0 Å². The first-order valence-electron chi connectivity index (χ1n) is 9.45. The highest BCUT2D eigenvalue weighted by molar-refractivity contribution is 7.88. The third-order valence-electron chi connectivity index (χ3n) is 5.28. The van der Waals surface area contributed by atoms with Gasteiger partial charge < -0.3 is 8.61 Å². The number of hydrogen-bond acceptors (Lipinski definition) is 4. The minimum Gasteiger partial charge on any atom is -0.543 e. The lowest BCUT2D eigenvalue weighted by molar-refractivity contribution is -0.0499. The van der Waals surface area contributed by atoms with Gasteiger partial charge in [-0.2, -0.15) is 21.6 Å². The predicted octanol–water partition coefficient (Wildman–Crippen LogP) is 6.62. The average Bonchev–Trinajstić information content (AvgIpc) is 2.57. The molecule has 2 rings (SSSR count). The molecule has 0 fully saturated rings. The average molecular weight is 449 g/mol. The van der Waals surface area contributed by atoms with Gasteiger partial charge in [0.25, 0.3) is 8.32 Å². The lowest BCUT2D eigenvalue weighted by atomic mass is 10.1. The van der Waals surface area contributed by atoms with E-state index in [1.54, 1.807) is 24.3 Å². The SMILES string of the molecule is CC(C)[Si](Oc1cc(OS(=O)(=O)C(F)(F)F)c2ccccc2c1)(C(C)C)C(C)C. The number of rotatable bonds is 7. The monoisotopic (exact) mass is 448 g/mol. The van der Waals surface area contributed by atoms with Crippen molar-refractivity contribution in [1.29, 1.82) is 0 Å². The Morgan fingerprint density at radius 3 is 1.90 bits per heavy atom. The van der Waals surface area contributed by atoms with Gasteiger partial charge in [-0.3, -0.25) is 0 Å². The Hall–Kier alpha value is -1.74. The van der Waals surface area contributed by atoms with Crippen LogP contribution >= 0.6 is 0 Å². The summed E-state index contributed by atoms with van der Waals surface area (Å²) in [5.41, 5.74) is -4.82. The van der Waals surface area contributed by atoms with Crippen molar-refractivity contribution in [3.05, 3.63) is 36.4 Å². The first kappa shape index (κ1) is 23.5. The molecule has 0 heterocycles. The Kier molecular flexibility index (Phi) is 6.64. The molecule has 0 saturated carbocycles. The van der Waals surface area contributed by atoms with Gasteiger partial charge in [0.05, 0.1) is 0 Å². The summed E-state index contributed by atoms with van der Waals surface area (Å²) in [5.74, 6) is -0.0755. The molecule has 0 radical (unpaired) electrons. The molecule has 9 heteroatoms. The van der Waals surface area contributed by atoms with Crippen molar-refractivity contribution in [2.45, 2.75) is 63.7 Å². The van der Waals surface area contributed by atoms with Crippen molar-refractivity contribution in [3.8, 4) is 11.5 Å². The van der Waals surface area contributed by atoms with Gasteiger partial charge in [0.2, 0.25) is 0 Å². The molecule has 0 bridgehead atoms. The summed E-state index contributed by atoms with van der Waals surface area (Å²) in [5, 5.41) is 0.801. The van der Waals surface area contributed by atoms with E-state index in [1.165, 1.54) is 12.1 Å². The maximum absolute atomic E-state index is 12.9. The lowest BCUT2D eigenvalue weighted by Gasteiger charge is -2.42. The fourth-order valence-electron chi connectivity index (χ4n) is 4.10. The van der Waals surface area contributed by atoms with Crippen LogP contribution in [0.5, 0.6) is 11.5 Å². The van der Waals surface area contributed by atoms with Gasteiger partial charge in [-0.1, -0.05) is 65.8 Å². The van der Waals surface area contributed by atoms with Crippen molar-refractivity contribution >= 4 is 29.2 Å². The van der Waals surface area contributed by atoms with E-state index in [4.69, 9.17) is 4.43 Å². The molecule has 29 heavy (non-hydrogen) atoms. The molecule has 0 unspecified atom stereocenters. The molecule has 0 spiro atoms. The Bertz CT molecular complexity index is 948. The molecule has 0 aliphatic heterocycles. The van der Waals surface area contributed by atoms with Gasteiger partial charge in [0.1, 0.15) is 5.75 Å². The standard InChI is InChI=1S/C20H27F3O4SSi/c1-13(2)29(14(3)4,15(5)6)27-17-11-16-9-7-8-10-18(16)19(12-17)26-28(24,25)20(21,22)23/h7-15H,1-6H3. The van der Waals surface area contributed by atoms with Crippen LogP contribution < -0.4 is 8.61 Å². The Morgan fingerprint density at radius 1 is 0.897 bits per heavy atom. The highest BCUT2D eigenvalue weighted by Gasteiger charge is 2.49. The van der Waals surface area contributed by atoms with Gasteiger partial charge in [0.15, 0.2) is 5.75 Å². The molecule has 4 nitrogen and oxygen atoms in total. The first-order valence-corrected chi connectivity index (χ1v) is 13.0. The zero-order chi connectivity index (χ0) is 22.2. The normalized spacial score (nSPS) is 13.5. The summed E-state index contributed by atoms with van der Waals surface area (Å²) in [4.78, 5) is 0. The summed E-state index contributed by atoms with van der Waals surface area (Å²) < 4.78 is 72.8. The van der Waals surface area contributed by atoms with Crippen molar-refractivity contribution < 1.29 is 30.2 Å². The van der Waals surface area contributed by atoms with E-state index >= 15 is 0 Å². The number of fused-ring (bicyclic) bond motifs is 1. The molecular weight excluding hydrogens is 421 g/mol. The van der Waals surface area contributed by atoms with Crippen LogP contribution in [-0.2, 0) is 10.1 Å². The Labute approximate surface area is 171 Å². The van der Waals surface area contributed by atoms with Crippen LogP contribution in [0.3, 0.4) is 0 Å². The van der Waals surface area contributed by atoms with E-state index in [9.17, 15) is 21.6 Å². The van der Waals surface area contributed by atoms with Crippen LogP contribution in [-0.4, -0.2) is 22.2 Å². The predicted molar refractivity (Wildman–Crippen MR) is 111 cm³/mol. The maximum atomic E-state index is 12.9. The number of hydrogen-bond donors (Lipinski definition) is 0. The molecule has 162 valence electrons. The quantitative estimate of drug-likeness (QED) is 0.271. The summed E-state index contributed by atoms with van der Waals surface area (Å²) in [6, 6.07) is 9.48. The molecule has 2 aromatic carbocycles. The van der Waals surface area contributed by atoms with E-state index in [1.807, 2.05) is 0 Å². The molecule has 0 aromatic heterocycles. The van der Waals surface area contributed by atoms with E-state index in [0.29, 0.717) is 11.1 Å². The second kappa shape index (κ2) is 8.18. The second-order valence-electron chi connectivity index (χ2n) is 8.05. The summed E-state index contributed by atoms with van der Waals surface area (Å²) in [7, 11) is -8.20. The van der Waals surface area contributed by atoms with Crippen LogP contribution in [0.4, 0.5) is 13.2 Å². The number of alkyl halides is 3. The highest BCUT2D eigenvalue weighted by Crippen LogP contribution is 2.44. The molecule has 0 aliphatic carbocycles. The summed E-state index contributed by atoms with van der Waals surface area (Å²) in [6.45, 7) is 12.5. The molecule has 2 aromatic rings. The minimum atomic E-state index is -5.80. The van der Waals surface area contributed by atoms with Crippen LogP contribution in [0.15, 0.2) is 36.4 Å². The van der Waals surface area contributed by atoms with Gasteiger partial charge in [-0.05, 0) is 28.1 Å². The zero-order valence-corrected chi connectivity index (χ0v) is 19.2. The second-order valence-corrected chi connectivity index (χ2v) is 15.0. The van der Waals surface area contributed by atoms with E-state index in [-0.39, 0.29) is 22.0 Å². The molecule has 0 amide bonds. The van der Waals surface area contributed by atoms with E-state index in [0.717, 1.165) is 0 Å². The summed E-state index contributed by atoms with van der Waals surface area (Å²) >= 11 is 0. The van der Waals surface area contributed by atoms with Crippen LogP contribution in [0.1, 0.15) is 41.5 Å². The molecular formula is C20H27F3O4SSi. The van der Waals surface area contributed by atoms with Crippen molar-refractivity contribution in [3.63, 3.8) is 0 Å². The van der Waals surface area contributed by atoms with Crippen LogP contribution in [0.25, 0.3) is 10.8 Å². The largest absolute Gasteiger partial charge is 0.543 e. The molecule has 0 atom stereocenters. The molecule has 0 saturated heterocycles. The summed E-state index contributed by atoms with van der Waals surface area (Å²) in [6.07, 6.45) is 0. The third kappa shape index (κ3) is 4.55. The van der Waals surface area contributed by atoms with Crippen LogP contribution in [0.2, 0.25) is 16.6 Å². The molecule has 0 N–H and O–H groups in total. The Balaban J connectivity index is 2.65. The van der Waals surface area contributed by atoms with Crippen molar-refractivity contribution in [2.24, 2.45) is 0 Å². The Morgan fingerprint density at radius 2 is 1.41 bits per heavy atom. The third-order valence-corrected chi connectivity index (χ3v) is 12.3. The smallest absolute Gasteiger partial charge is 0.534 e. The van der Waals surface area contributed by atoms with Crippen molar-refractivity contribution in [2.75, 3.05) is 0 Å². The highest BCUT2D eigenvalue weighted by atomic mass is 32.2. The number of benzene rings is 2. The minimum absolute atomic E-state index is 0.234. The maximum Gasteiger partial charge on any atom is 0.534 e. The fraction of sp³-hybridized carbons (Fsp3) is 0.500. The number of halogens is 3. The lowest BCUT2D eigenvalue weighted by Crippen LogP contribution is -2.50. The van der Waals surface area contributed by atoms with E-state index < -0.39 is 29.7 Å². The fourth-order valence-corrected chi connectivity index (χ4v) is 9.80. The van der Waals surface area contributed by atoms with Gasteiger partial charge >= 0.3 is 15.6 Å². The molecule has 0 aliphatic rings.